The normalized spacial score (nSPS) is 15.2. The quantitative estimate of drug-likeness (QED) is 0.301. The van der Waals surface area contributed by atoms with Crippen LogP contribution in [0, 0.1) is 0 Å². The molecule has 4 aromatic carbocycles. The van der Waals surface area contributed by atoms with Gasteiger partial charge in [0, 0.05) is 22.2 Å². The lowest BCUT2D eigenvalue weighted by Crippen LogP contribution is -2.30. The van der Waals surface area contributed by atoms with Crippen molar-refractivity contribution in [3.63, 3.8) is 0 Å². The van der Waals surface area contributed by atoms with Gasteiger partial charge in [0.05, 0.1) is 44.1 Å². The fraction of sp³-hybridized carbons (Fsp3) is 0.100. The monoisotopic (exact) mass is 572 g/mol. The largest absolute Gasteiger partial charge is 0.454 e. The molecule has 4 aromatic rings. The molecule has 200 valence electrons. The molecule has 2 aliphatic rings. The SMILES string of the molecule is CC(=O)c1cc2c(cc1NC(=O)c1ccc3c(c1)N(Cc1cccc(Cl)c1)C(=O)c1ccccc1[S@@]3=O)OCO2. The number of nitrogens with zero attached hydrogens (tertiary/aromatic N) is 1. The number of ether oxygens (including phenoxy) is 2. The maximum absolute atomic E-state index is 13.8. The molecule has 40 heavy (non-hydrogen) atoms. The number of ketones is 1. The van der Waals surface area contributed by atoms with Gasteiger partial charge in [-0.3, -0.25) is 14.4 Å². The lowest BCUT2D eigenvalue weighted by atomic mass is 10.1. The van der Waals surface area contributed by atoms with E-state index in [-0.39, 0.29) is 41.8 Å². The van der Waals surface area contributed by atoms with Gasteiger partial charge < -0.3 is 19.7 Å². The summed E-state index contributed by atoms with van der Waals surface area (Å²) in [5, 5.41) is 3.30. The van der Waals surface area contributed by atoms with Gasteiger partial charge in [0.15, 0.2) is 17.3 Å². The Labute approximate surface area is 236 Å². The van der Waals surface area contributed by atoms with Crippen LogP contribution in [0.5, 0.6) is 11.5 Å². The number of carbonyl (C=O) groups excluding carboxylic acids is 3. The average molecular weight is 573 g/mol. The van der Waals surface area contributed by atoms with Crippen LogP contribution in [0.25, 0.3) is 0 Å². The van der Waals surface area contributed by atoms with Crippen molar-refractivity contribution in [1.29, 1.82) is 0 Å². The van der Waals surface area contributed by atoms with E-state index in [1.807, 2.05) is 6.07 Å². The fourth-order valence-corrected chi connectivity index (χ4v) is 6.27. The number of rotatable bonds is 5. The predicted molar refractivity (Wildman–Crippen MR) is 150 cm³/mol. The van der Waals surface area contributed by atoms with Crippen molar-refractivity contribution in [3.8, 4) is 11.5 Å². The second-order valence-electron chi connectivity index (χ2n) is 9.23. The molecule has 0 fully saturated rings. The Hall–Kier alpha value is -4.47. The standard InChI is InChI=1S/C30H21ClN2O6S/c1-17(34)22-13-25-26(39-16-38-25)14-23(22)32-29(35)19-9-10-28-24(12-19)33(15-18-5-4-6-20(31)11-18)30(36)21-7-2-3-8-27(21)40(28)37/h2-14H,15-16H2,1H3,(H,32,35)/t40-/m0/s1. The van der Waals surface area contributed by atoms with Crippen LogP contribution in [0.4, 0.5) is 11.4 Å². The number of carbonyl (C=O) groups is 3. The van der Waals surface area contributed by atoms with Gasteiger partial charge in [0.1, 0.15) is 0 Å². The lowest BCUT2D eigenvalue weighted by Gasteiger charge is -2.24. The molecule has 0 bridgehead atoms. The summed E-state index contributed by atoms with van der Waals surface area (Å²) in [6, 6.07) is 21.6. The van der Waals surface area contributed by atoms with Gasteiger partial charge in [-0.15, -0.1) is 0 Å². The van der Waals surface area contributed by atoms with Crippen LogP contribution in [0.15, 0.2) is 88.7 Å². The van der Waals surface area contributed by atoms with Crippen LogP contribution in [0.1, 0.15) is 43.6 Å². The average Bonchev–Trinajstić information content (AvgIpc) is 3.39. The van der Waals surface area contributed by atoms with E-state index in [9.17, 15) is 18.6 Å². The summed E-state index contributed by atoms with van der Waals surface area (Å²) in [4.78, 5) is 41.9. The second kappa shape index (κ2) is 10.3. The Morgan fingerprint density at radius 1 is 0.950 bits per heavy atom. The van der Waals surface area contributed by atoms with E-state index in [1.165, 1.54) is 24.0 Å². The van der Waals surface area contributed by atoms with Crippen LogP contribution in [-0.2, 0) is 17.3 Å². The van der Waals surface area contributed by atoms with Crippen LogP contribution in [-0.4, -0.2) is 28.6 Å². The van der Waals surface area contributed by atoms with E-state index in [4.69, 9.17) is 21.1 Å². The molecule has 0 aliphatic carbocycles. The molecule has 1 N–H and O–H groups in total. The van der Waals surface area contributed by atoms with E-state index in [0.717, 1.165) is 5.56 Å². The number of hydrogen-bond donors (Lipinski definition) is 1. The minimum atomic E-state index is -1.68. The van der Waals surface area contributed by atoms with Crippen molar-refractivity contribution in [2.24, 2.45) is 0 Å². The Kier molecular flexibility index (Phi) is 6.61. The first-order valence-electron chi connectivity index (χ1n) is 12.3. The Bertz CT molecular complexity index is 1750. The number of halogens is 1. The second-order valence-corrected chi connectivity index (χ2v) is 11.1. The number of hydrogen-bond acceptors (Lipinski definition) is 6. The molecule has 0 saturated heterocycles. The number of amides is 2. The molecule has 0 unspecified atom stereocenters. The van der Waals surface area contributed by atoms with E-state index in [1.54, 1.807) is 60.7 Å². The van der Waals surface area contributed by atoms with Gasteiger partial charge in [-0.1, -0.05) is 35.9 Å². The molecule has 10 heteroatoms. The first kappa shape index (κ1) is 25.8. The predicted octanol–water partition coefficient (Wildman–Crippen LogP) is 5.85. The Morgan fingerprint density at radius 3 is 2.50 bits per heavy atom. The molecule has 2 amide bonds. The summed E-state index contributed by atoms with van der Waals surface area (Å²) in [5.41, 5.74) is 2.15. The van der Waals surface area contributed by atoms with Gasteiger partial charge in [0.2, 0.25) is 6.79 Å². The maximum Gasteiger partial charge on any atom is 0.259 e. The molecule has 0 spiro atoms. The summed E-state index contributed by atoms with van der Waals surface area (Å²) in [6.45, 7) is 1.55. The molecular weight excluding hydrogens is 552 g/mol. The zero-order chi connectivity index (χ0) is 28.0. The van der Waals surface area contributed by atoms with Gasteiger partial charge in [-0.25, -0.2) is 4.21 Å². The van der Waals surface area contributed by atoms with Crippen LogP contribution in [0.3, 0.4) is 0 Å². The number of fused-ring (bicyclic) bond motifs is 3. The molecule has 0 aromatic heterocycles. The first-order chi connectivity index (χ1) is 19.3. The lowest BCUT2D eigenvalue weighted by molar-refractivity contribution is 0.0978. The Balaban J connectivity index is 1.42. The fourth-order valence-electron chi connectivity index (χ4n) is 4.71. The van der Waals surface area contributed by atoms with Crippen LogP contribution in [0.2, 0.25) is 5.02 Å². The zero-order valence-electron chi connectivity index (χ0n) is 21.1. The third kappa shape index (κ3) is 4.63. The number of Topliss-reactive ketones (excluding diaryl/α,β-unsaturated/α-hetero) is 1. The smallest absolute Gasteiger partial charge is 0.259 e. The van der Waals surface area contributed by atoms with Gasteiger partial charge in [-0.05, 0) is 61.0 Å². The number of nitrogens with one attached hydrogen (secondary N) is 1. The first-order valence-corrected chi connectivity index (χ1v) is 13.8. The van der Waals surface area contributed by atoms with Crippen molar-refractivity contribution in [2.75, 3.05) is 17.0 Å². The highest BCUT2D eigenvalue weighted by Crippen LogP contribution is 2.39. The molecular formula is C30H21ClN2O6S. The third-order valence-electron chi connectivity index (χ3n) is 6.64. The van der Waals surface area contributed by atoms with E-state index in [2.05, 4.69) is 5.32 Å². The van der Waals surface area contributed by atoms with Crippen LogP contribution < -0.4 is 19.7 Å². The molecule has 0 radical (unpaired) electrons. The Morgan fingerprint density at radius 2 is 1.73 bits per heavy atom. The summed E-state index contributed by atoms with van der Waals surface area (Å²) < 4.78 is 24.4. The highest BCUT2D eigenvalue weighted by Gasteiger charge is 2.32. The molecule has 0 saturated carbocycles. The summed E-state index contributed by atoms with van der Waals surface area (Å²) in [5.74, 6) is -0.303. The van der Waals surface area contributed by atoms with Crippen molar-refractivity contribution >= 4 is 51.4 Å². The number of benzene rings is 4. The van der Waals surface area contributed by atoms with Crippen molar-refractivity contribution in [3.05, 3.63) is 106 Å². The molecule has 8 nitrogen and oxygen atoms in total. The van der Waals surface area contributed by atoms with E-state index < -0.39 is 16.7 Å². The van der Waals surface area contributed by atoms with Crippen LogP contribution >= 0.6 is 11.6 Å². The minimum absolute atomic E-state index is 0.0188. The summed E-state index contributed by atoms with van der Waals surface area (Å²) in [7, 11) is -1.68. The van der Waals surface area contributed by atoms with E-state index in [0.29, 0.717) is 37.6 Å². The van der Waals surface area contributed by atoms with Crippen molar-refractivity contribution < 1.29 is 28.1 Å². The molecule has 6 rings (SSSR count). The van der Waals surface area contributed by atoms with Crippen molar-refractivity contribution in [1.82, 2.24) is 0 Å². The number of anilines is 2. The van der Waals surface area contributed by atoms with Gasteiger partial charge in [-0.2, -0.15) is 0 Å². The van der Waals surface area contributed by atoms with E-state index >= 15 is 0 Å². The highest BCUT2D eigenvalue weighted by atomic mass is 35.5. The molecule has 2 aliphatic heterocycles. The summed E-state index contributed by atoms with van der Waals surface area (Å²) >= 11 is 6.20. The molecule has 1 atom stereocenters. The summed E-state index contributed by atoms with van der Waals surface area (Å²) in [6.07, 6.45) is 0. The third-order valence-corrected chi connectivity index (χ3v) is 8.38. The minimum Gasteiger partial charge on any atom is -0.454 e. The highest BCUT2D eigenvalue weighted by molar-refractivity contribution is 7.85. The molecule has 2 heterocycles. The maximum atomic E-state index is 13.8. The van der Waals surface area contributed by atoms with Gasteiger partial charge in [0.25, 0.3) is 11.8 Å². The van der Waals surface area contributed by atoms with Gasteiger partial charge >= 0.3 is 0 Å². The topological polar surface area (TPSA) is 102 Å². The zero-order valence-corrected chi connectivity index (χ0v) is 22.7. The van der Waals surface area contributed by atoms with Crippen molar-refractivity contribution in [2.45, 2.75) is 23.3 Å².